The summed E-state index contributed by atoms with van der Waals surface area (Å²) in [6.07, 6.45) is 0. The van der Waals surface area contributed by atoms with E-state index in [0.717, 1.165) is 21.4 Å². The van der Waals surface area contributed by atoms with Crippen LogP contribution >= 0.6 is 22.7 Å². The lowest BCUT2D eigenvalue weighted by atomic mass is 10.2. The lowest BCUT2D eigenvalue weighted by Gasteiger charge is -2.06. The van der Waals surface area contributed by atoms with Crippen LogP contribution < -0.4 is 5.32 Å². The van der Waals surface area contributed by atoms with Gasteiger partial charge in [0.05, 0.1) is 5.69 Å². The Balaban J connectivity index is 2.37. The molecule has 0 aromatic carbocycles. The summed E-state index contributed by atoms with van der Waals surface area (Å²) in [5.74, 6) is 0. The van der Waals surface area contributed by atoms with Gasteiger partial charge in [-0.15, -0.1) is 22.7 Å². The summed E-state index contributed by atoms with van der Waals surface area (Å²) in [6.45, 7) is 6.22. The molecule has 2 heterocycles. The number of nitrogens with one attached hydrogen (secondary N) is 1. The van der Waals surface area contributed by atoms with Crippen LogP contribution in [0, 0.1) is 13.8 Å². The highest BCUT2D eigenvalue weighted by Crippen LogP contribution is 2.32. The largest absolute Gasteiger partial charge is 0.312 e. The van der Waals surface area contributed by atoms with Crippen LogP contribution in [-0.4, -0.2) is 17.0 Å². The molecule has 0 saturated heterocycles. The van der Waals surface area contributed by atoms with Gasteiger partial charge in [-0.1, -0.05) is 0 Å². The molecule has 0 bridgehead atoms. The van der Waals surface area contributed by atoms with Gasteiger partial charge in [-0.25, -0.2) is 9.97 Å². The minimum absolute atomic E-state index is 0.354. The number of rotatable bonds is 3. The minimum Gasteiger partial charge on any atom is -0.312 e. The van der Waals surface area contributed by atoms with Crippen LogP contribution in [0.2, 0.25) is 0 Å². The first-order chi connectivity index (χ1) is 7.61. The van der Waals surface area contributed by atoms with Crippen LogP contribution in [0.1, 0.15) is 29.2 Å². The second-order valence-corrected chi connectivity index (χ2v) is 5.66. The molecule has 2 aromatic heterocycles. The molecule has 1 N–H and O–H groups in total. The Hall–Kier alpha value is -0.780. The maximum Gasteiger partial charge on any atom is 0.152 e. The molecule has 0 aliphatic heterocycles. The van der Waals surface area contributed by atoms with Crippen molar-refractivity contribution < 1.29 is 0 Å². The van der Waals surface area contributed by atoms with Crippen LogP contribution in [-0.2, 0) is 0 Å². The fourth-order valence-corrected chi connectivity index (χ4v) is 3.44. The third-order valence-electron chi connectivity index (χ3n) is 2.46. The number of aromatic nitrogens is 2. The first-order valence-corrected chi connectivity index (χ1v) is 6.88. The topological polar surface area (TPSA) is 37.8 Å². The van der Waals surface area contributed by atoms with Crippen molar-refractivity contribution in [2.45, 2.75) is 26.8 Å². The Kier molecular flexibility index (Phi) is 3.37. The number of hydrogen-bond donors (Lipinski definition) is 1. The number of nitrogens with zero attached hydrogens (tertiary/aromatic N) is 2. The smallest absolute Gasteiger partial charge is 0.152 e. The Morgan fingerprint density at radius 3 is 2.56 bits per heavy atom. The van der Waals surface area contributed by atoms with Crippen molar-refractivity contribution in [2.75, 3.05) is 7.05 Å². The highest BCUT2D eigenvalue weighted by Gasteiger charge is 2.15. The van der Waals surface area contributed by atoms with Crippen molar-refractivity contribution in [3.05, 3.63) is 21.6 Å². The average Bonchev–Trinajstić information content (AvgIpc) is 2.83. The molecule has 16 heavy (non-hydrogen) atoms. The minimum atomic E-state index is 0.354. The standard InChI is InChI=1S/C11H15N3S2/c1-6-5-15-10(13-6)11-14-8(3)9(16-11)7(2)12-4/h5,7,12H,1-4H3. The van der Waals surface area contributed by atoms with E-state index in [2.05, 4.69) is 34.5 Å². The Morgan fingerprint density at radius 2 is 2.00 bits per heavy atom. The van der Waals surface area contributed by atoms with E-state index in [9.17, 15) is 0 Å². The van der Waals surface area contributed by atoms with Crippen molar-refractivity contribution in [2.24, 2.45) is 0 Å². The first kappa shape index (κ1) is 11.7. The number of aryl methyl sites for hydroxylation is 2. The van der Waals surface area contributed by atoms with E-state index in [1.165, 1.54) is 4.88 Å². The maximum atomic E-state index is 4.59. The first-order valence-electron chi connectivity index (χ1n) is 5.19. The Labute approximate surface area is 104 Å². The van der Waals surface area contributed by atoms with Crippen molar-refractivity contribution in [1.82, 2.24) is 15.3 Å². The van der Waals surface area contributed by atoms with Gasteiger partial charge in [0, 0.05) is 22.0 Å². The summed E-state index contributed by atoms with van der Waals surface area (Å²) in [5.41, 5.74) is 2.17. The van der Waals surface area contributed by atoms with Crippen LogP contribution in [0.5, 0.6) is 0 Å². The summed E-state index contributed by atoms with van der Waals surface area (Å²) < 4.78 is 0. The molecule has 0 amide bonds. The van der Waals surface area contributed by atoms with Crippen LogP contribution in [0.15, 0.2) is 5.38 Å². The lowest BCUT2D eigenvalue weighted by Crippen LogP contribution is -2.11. The third kappa shape index (κ3) is 2.16. The van der Waals surface area contributed by atoms with Gasteiger partial charge in [0.15, 0.2) is 10.0 Å². The molecule has 0 aliphatic rings. The van der Waals surface area contributed by atoms with Gasteiger partial charge in [-0.05, 0) is 27.8 Å². The summed E-state index contributed by atoms with van der Waals surface area (Å²) in [7, 11) is 1.97. The molecule has 0 radical (unpaired) electrons. The maximum absolute atomic E-state index is 4.59. The van der Waals surface area contributed by atoms with Gasteiger partial charge in [-0.2, -0.15) is 0 Å². The van der Waals surface area contributed by atoms with Gasteiger partial charge >= 0.3 is 0 Å². The number of hydrogen-bond acceptors (Lipinski definition) is 5. The van der Waals surface area contributed by atoms with Crippen LogP contribution in [0.4, 0.5) is 0 Å². The molecule has 2 rings (SSSR count). The normalized spacial score (nSPS) is 13.0. The van der Waals surface area contributed by atoms with Crippen LogP contribution in [0.25, 0.3) is 10.0 Å². The zero-order chi connectivity index (χ0) is 11.7. The monoisotopic (exact) mass is 253 g/mol. The molecule has 0 spiro atoms. The summed E-state index contributed by atoms with van der Waals surface area (Å²) in [4.78, 5) is 10.4. The fourth-order valence-electron chi connectivity index (χ4n) is 1.48. The van der Waals surface area contributed by atoms with E-state index in [1.54, 1.807) is 22.7 Å². The van der Waals surface area contributed by atoms with Crippen molar-refractivity contribution in [1.29, 1.82) is 0 Å². The highest BCUT2D eigenvalue weighted by molar-refractivity contribution is 7.20. The van der Waals surface area contributed by atoms with E-state index in [4.69, 9.17) is 0 Å². The van der Waals surface area contributed by atoms with E-state index in [1.807, 2.05) is 14.0 Å². The second-order valence-electron chi connectivity index (χ2n) is 3.77. The van der Waals surface area contributed by atoms with E-state index >= 15 is 0 Å². The zero-order valence-corrected chi connectivity index (χ0v) is 11.5. The van der Waals surface area contributed by atoms with Gasteiger partial charge in [0.25, 0.3) is 0 Å². The molecule has 3 nitrogen and oxygen atoms in total. The molecular weight excluding hydrogens is 238 g/mol. The predicted octanol–water partition coefficient (Wildman–Crippen LogP) is 3.16. The SMILES string of the molecule is CNC(C)c1sc(-c2nc(C)cs2)nc1C. The van der Waals surface area contributed by atoms with E-state index in [-0.39, 0.29) is 0 Å². The second kappa shape index (κ2) is 4.61. The molecule has 0 fully saturated rings. The fraction of sp³-hybridized carbons (Fsp3) is 0.455. The lowest BCUT2D eigenvalue weighted by molar-refractivity contribution is 0.658. The van der Waals surface area contributed by atoms with Crippen molar-refractivity contribution in [3.8, 4) is 10.0 Å². The molecule has 0 saturated carbocycles. The van der Waals surface area contributed by atoms with Gasteiger partial charge in [0.1, 0.15) is 0 Å². The molecular formula is C11H15N3S2. The molecule has 1 unspecified atom stereocenters. The average molecular weight is 253 g/mol. The summed E-state index contributed by atoms with van der Waals surface area (Å²) in [5, 5.41) is 7.37. The van der Waals surface area contributed by atoms with Gasteiger partial charge in [0.2, 0.25) is 0 Å². The molecule has 5 heteroatoms. The molecule has 2 aromatic rings. The van der Waals surface area contributed by atoms with E-state index in [0.29, 0.717) is 6.04 Å². The number of thiazole rings is 2. The van der Waals surface area contributed by atoms with Gasteiger partial charge in [-0.3, -0.25) is 0 Å². The summed E-state index contributed by atoms with van der Waals surface area (Å²) >= 11 is 3.39. The molecule has 0 aliphatic carbocycles. The quantitative estimate of drug-likeness (QED) is 0.913. The van der Waals surface area contributed by atoms with E-state index < -0.39 is 0 Å². The highest BCUT2D eigenvalue weighted by atomic mass is 32.1. The summed E-state index contributed by atoms with van der Waals surface area (Å²) in [6, 6.07) is 0.354. The third-order valence-corrected chi connectivity index (χ3v) is 4.90. The van der Waals surface area contributed by atoms with Crippen molar-refractivity contribution in [3.63, 3.8) is 0 Å². The van der Waals surface area contributed by atoms with Crippen molar-refractivity contribution >= 4 is 22.7 Å². The predicted molar refractivity (Wildman–Crippen MR) is 70.2 cm³/mol. The van der Waals surface area contributed by atoms with Crippen LogP contribution in [0.3, 0.4) is 0 Å². The molecule has 1 atom stereocenters. The molecule has 86 valence electrons. The Morgan fingerprint density at radius 1 is 1.25 bits per heavy atom. The zero-order valence-electron chi connectivity index (χ0n) is 9.87. The Bertz CT molecular complexity index is 487. The van der Waals surface area contributed by atoms with Gasteiger partial charge < -0.3 is 5.32 Å².